The van der Waals surface area contributed by atoms with Gasteiger partial charge >= 0.3 is 6.03 Å². The van der Waals surface area contributed by atoms with Crippen LogP contribution < -0.4 is 5.32 Å². The third-order valence-electron chi connectivity index (χ3n) is 3.44. The molecule has 7 nitrogen and oxygen atoms in total. The number of anilines is 1. The highest BCUT2D eigenvalue weighted by molar-refractivity contribution is 7.15. The molecule has 0 unspecified atom stereocenters. The molecule has 0 aliphatic carbocycles. The Morgan fingerprint density at radius 1 is 1.43 bits per heavy atom. The Hall–Kier alpha value is -1.70. The molecular formula is C13H21N5O2S. The molecule has 2 heterocycles. The van der Waals surface area contributed by atoms with E-state index in [1.54, 1.807) is 23.9 Å². The van der Waals surface area contributed by atoms with Crippen molar-refractivity contribution in [3.05, 3.63) is 5.01 Å². The summed E-state index contributed by atoms with van der Waals surface area (Å²) in [6, 6.07) is -0.0447. The number of nitrogens with one attached hydrogen (secondary N) is 1. The molecule has 1 aliphatic rings. The summed E-state index contributed by atoms with van der Waals surface area (Å²) in [6.07, 6.45) is 2.44. The van der Waals surface area contributed by atoms with E-state index in [0.29, 0.717) is 18.2 Å². The van der Waals surface area contributed by atoms with Gasteiger partial charge in [0.15, 0.2) is 0 Å². The van der Waals surface area contributed by atoms with Crippen molar-refractivity contribution in [1.82, 2.24) is 20.0 Å². The molecular weight excluding hydrogens is 290 g/mol. The maximum Gasteiger partial charge on any atom is 0.319 e. The molecule has 1 N–H and O–H groups in total. The van der Waals surface area contributed by atoms with Crippen molar-refractivity contribution in [2.24, 2.45) is 5.92 Å². The number of nitrogens with zero attached hydrogens (tertiary/aromatic N) is 4. The summed E-state index contributed by atoms with van der Waals surface area (Å²) in [4.78, 5) is 27.5. The Bertz CT molecular complexity index is 516. The molecule has 0 radical (unpaired) electrons. The highest BCUT2D eigenvalue weighted by Gasteiger charge is 2.29. The Kier molecular flexibility index (Phi) is 5.11. The molecule has 1 aliphatic heterocycles. The molecule has 1 fully saturated rings. The van der Waals surface area contributed by atoms with Crippen molar-refractivity contribution in [2.75, 3.05) is 32.5 Å². The molecule has 0 saturated carbocycles. The van der Waals surface area contributed by atoms with E-state index >= 15 is 0 Å². The van der Waals surface area contributed by atoms with Gasteiger partial charge in [0.25, 0.3) is 0 Å². The topological polar surface area (TPSA) is 78.4 Å². The van der Waals surface area contributed by atoms with Gasteiger partial charge in [0.05, 0.1) is 5.92 Å². The summed E-state index contributed by atoms with van der Waals surface area (Å²) in [5, 5.41) is 12.2. The minimum absolute atomic E-state index is 0.0447. The Morgan fingerprint density at radius 3 is 2.81 bits per heavy atom. The molecule has 8 heteroatoms. The Labute approximate surface area is 128 Å². The van der Waals surface area contributed by atoms with E-state index in [-0.39, 0.29) is 17.9 Å². The van der Waals surface area contributed by atoms with Crippen molar-refractivity contribution in [3.8, 4) is 0 Å². The zero-order chi connectivity index (χ0) is 15.4. The second kappa shape index (κ2) is 6.84. The summed E-state index contributed by atoms with van der Waals surface area (Å²) in [5.41, 5.74) is 0. The fraction of sp³-hybridized carbons (Fsp3) is 0.692. The van der Waals surface area contributed by atoms with Crippen LogP contribution in [0, 0.1) is 5.92 Å². The van der Waals surface area contributed by atoms with Crippen molar-refractivity contribution < 1.29 is 9.59 Å². The molecule has 1 aromatic rings. The fourth-order valence-electron chi connectivity index (χ4n) is 2.30. The molecule has 1 aromatic heterocycles. The standard InChI is InChI=1S/C13H21N5O2S/c1-4-10-15-16-12(21-10)14-11(19)9-6-5-7-18(8-9)13(20)17(2)3/h9H,4-8H2,1-3H3,(H,14,16,19)/t9-/m1/s1. The summed E-state index contributed by atoms with van der Waals surface area (Å²) in [7, 11) is 3.44. The predicted octanol–water partition coefficient (Wildman–Crippen LogP) is 1.43. The van der Waals surface area contributed by atoms with Gasteiger partial charge in [-0.2, -0.15) is 0 Å². The molecule has 0 spiro atoms. The van der Waals surface area contributed by atoms with Crippen LogP contribution in [0.3, 0.4) is 0 Å². The normalized spacial score (nSPS) is 18.4. The zero-order valence-corrected chi connectivity index (χ0v) is 13.4. The minimum atomic E-state index is -0.184. The van der Waals surface area contributed by atoms with E-state index in [9.17, 15) is 9.59 Å². The van der Waals surface area contributed by atoms with Crippen LogP contribution in [-0.2, 0) is 11.2 Å². The van der Waals surface area contributed by atoms with Gasteiger partial charge in [-0.05, 0) is 19.3 Å². The summed E-state index contributed by atoms with van der Waals surface area (Å²) >= 11 is 1.39. The maximum absolute atomic E-state index is 12.3. The average molecular weight is 311 g/mol. The molecule has 2 rings (SSSR count). The van der Waals surface area contributed by atoms with E-state index in [4.69, 9.17) is 0 Å². The number of aromatic nitrogens is 2. The lowest BCUT2D eigenvalue weighted by Gasteiger charge is -2.33. The van der Waals surface area contributed by atoms with Crippen molar-refractivity contribution in [1.29, 1.82) is 0 Å². The van der Waals surface area contributed by atoms with Crippen LogP contribution in [0.25, 0.3) is 0 Å². The minimum Gasteiger partial charge on any atom is -0.331 e. The zero-order valence-electron chi connectivity index (χ0n) is 12.6. The number of carbonyl (C=O) groups excluding carboxylic acids is 2. The SMILES string of the molecule is CCc1nnc(NC(=O)[C@@H]2CCCN(C(=O)N(C)C)C2)s1. The van der Waals surface area contributed by atoms with Gasteiger partial charge in [-0.1, -0.05) is 18.3 Å². The van der Waals surface area contributed by atoms with E-state index in [1.165, 1.54) is 11.3 Å². The number of piperidine rings is 1. The number of urea groups is 1. The second-order valence-corrected chi connectivity index (χ2v) is 6.37. The molecule has 116 valence electrons. The van der Waals surface area contributed by atoms with Crippen LogP contribution in [0.15, 0.2) is 0 Å². The first-order valence-corrected chi connectivity index (χ1v) is 7.92. The van der Waals surface area contributed by atoms with Crippen molar-refractivity contribution >= 4 is 28.4 Å². The average Bonchev–Trinajstić information content (AvgIpc) is 2.94. The first-order valence-electron chi connectivity index (χ1n) is 7.10. The number of rotatable bonds is 3. The lowest BCUT2D eigenvalue weighted by atomic mass is 9.97. The van der Waals surface area contributed by atoms with Crippen LogP contribution in [0.4, 0.5) is 9.93 Å². The van der Waals surface area contributed by atoms with Gasteiger partial charge in [-0.25, -0.2) is 4.79 Å². The lowest BCUT2D eigenvalue weighted by molar-refractivity contribution is -0.121. The Balaban J connectivity index is 1.94. The predicted molar refractivity (Wildman–Crippen MR) is 81.3 cm³/mol. The van der Waals surface area contributed by atoms with Crippen LogP contribution in [0.5, 0.6) is 0 Å². The third-order valence-corrected chi connectivity index (χ3v) is 4.43. The second-order valence-electron chi connectivity index (χ2n) is 5.31. The smallest absolute Gasteiger partial charge is 0.319 e. The highest BCUT2D eigenvalue weighted by atomic mass is 32.1. The summed E-state index contributed by atoms with van der Waals surface area (Å²) in [5.74, 6) is -0.262. The van der Waals surface area contributed by atoms with Crippen LogP contribution >= 0.6 is 11.3 Å². The molecule has 1 atom stereocenters. The fourth-order valence-corrected chi connectivity index (χ4v) is 2.98. The molecule has 21 heavy (non-hydrogen) atoms. The first-order chi connectivity index (χ1) is 10.0. The number of aryl methyl sites for hydroxylation is 1. The number of hydrogen-bond donors (Lipinski definition) is 1. The van der Waals surface area contributed by atoms with Gasteiger partial charge in [0, 0.05) is 27.2 Å². The van der Waals surface area contributed by atoms with Crippen LogP contribution in [0.2, 0.25) is 0 Å². The number of amides is 3. The largest absolute Gasteiger partial charge is 0.331 e. The third kappa shape index (κ3) is 3.90. The highest BCUT2D eigenvalue weighted by Crippen LogP contribution is 2.21. The quantitative estimate of drug-likeness (QED) is 0.916. The van der Waals surface area contributed by atoms with E-state index in [1.807, 2.05) is 6.92 Å². The molecule has 0 bridgehead atoms. The monoisotopic (exact) mass is 311 g/mol. The van der Waals surface area contributed by atoms with Gasteiger partial charge in [0.2, 0.25) is 11.0 Å². The Morgan fingerprint density at radius 2 is 2.19 bits per heavy atom. The van der Waals surface area contributed by atoms with Crippen molar-refractivity contribution in [3.63, 3.8) is 0 Å². The van der Waals surface area contributed by atoms with Gasteiger partial charge in [-0.3, -0.25) is 4.79 Å². The van der Waals surface area contributed by atoms with E-state index < -0.39 is 0 Å². The van der Waals surface area contributed by atoms with Gasteiger partial charge in [0.1, 0.15) is 5.01 Å². The molecule has 1 saturated heterocycles. The summed E-state index contributed by atoms with van der Waals surface area (Å²) in [6.45, 7) is 3.17. The number of likely N-dealkylation sites (tertiary alicyclic amines) is 1. The summed E-state index contributed by atoms with van der Waals surface area (Å²) < 4.78 is 0. The number of hydrogen-bond acceptors (Lipinski definition) is 5. The van der Waals surface area contributed by atoms with E-state index in [2.05, 4.69) is 15.5 Å². The van der Waals surface area contributed by atoms with Crippen LogP contribution in [-0.4, -0.2) is 59.1 Å². The van der Waals surface area contributed by atoms with Gasteiger partial charge in [-0.15, -0.1) is 10.2 Å². The van der Waals surface area contributed by atoms with Crippen LogP contribution in [0.1, 0.15) is 24.8 Å². The van der Waals surface area contributed by atoms with Gasteiger partial charge < -0.3 is 15.1 Å². The molecule has 3 amide bonds. The maximum atomic E-state index is 12.3. The lowest BCUT2D eigenvalue weighted by Crippen LogP contribution is -2.47. The number of carbonyl (C=O) groups is 2. The molecule has 0 aromatic carbocycles. The first kappa shape index (κ1) is 15.7. The van der Waals surface area contributed by atoms with E-state index in [0.717, 1.165) is 24.3 Å². The van der Waals surface area contributed by atoms with Crippen molar-refractivity contribution in [2.45, 2.75) is 26.2 Å².